The zero-order valence-electron chi connectivity index (χ0n) is 19.9. The number of fused-ring (bicyclic) bond motifs is 1. The van der Waals surface area contributed by atoms with Gasteiger partial charge in [0.2, 0.25) is 10.0 Å². The molecule has 2 aliphatic rings. The van der Waals surface area contributed by atoms with Gasteiger partial charge in [-0.2, -0.15) is 4.31 Å². The lowest BCUT2D eigenvalue weighted by Crippen LogP contribution is -2.39. The molecule has 34 heavy (non-hydrogen) atoms. The highest BCUT2D eigenvalue weighted by Gasteiger charge is 2.29. The summed E-state index contributed by atoms with van der Waals surface area (Å²) in [7, 11) is -3.52. The highest BCUT2D eigenvalue weighted by atomic mass is 32.2. The van der Waals surface area contributed by atoms with Crippen molar-refractivity contribution in [3.8, 4) is 0 Å². The van der Waals surface area contributed by atoms with Gasteiger partial charge in [-0.1, -0.05) is 43.0 Å². The van der Waals surface area contributed by atoms with E-state index in [0.29, 0.717) is 23.9 Å². The number of aryl methyl sites for hydroxylation is 1. The van der Waals surface area contributed by atoms with Crippen LogP contribution < -0.4 is 0 Å². The molecule has 6 nitrogen and oxygen atoms in total. The van der Waals surface area contributed by atoms with Crippen molar-refractivity contribution in [1.29, 1.82) is 0 Å². The van der Waals surface area contributed by atoms with Gasteiger partial charge in [0, 0.05) is 25.4 Å². The Labute approximate surface area is 206 Å². The van der Waals surface area contributed by atoms with Crippen molar-refractivity contribution in [3.05, 3.63) is 53.6 Å². The van der Waals surface area contributed by atoms with E-state index in [-0.39, 0.29) is 6.10 Å². The molecule has 3 heterocycles. The maximum absolute atomic E-state index is 13.4. The number of imidazole rings is 1. The van der Waals surface area contributed by atoms with Crippen molar-refractivity contribution < 1.29 is 13.2 Å². The van der Waals surface area contributed by atoms with Crippen LogP contribution in [-0.2, 0) is 27.1 Å². The standard InChI is InChI=1S/C26H33N3O3S2/c1-19-7-5-13-28(16-19)34(30,31)23-11-12-25-24(15-23)27-26(29(25)17-22-10-6-14-32-22)33-18-21-9-4-3-8-20(21)2/h3-4,8-9,11-12,15,19,22H,5-7,10,13-14,16-18H2,1-2H3/t19-,22-/m1/s1. The van der Waals surface area contributed by atoms with Crippen LogP contribution in [-0.4, -0.2) is 48.1 Å². The number of rotatable bonds is 7. The fraction of sp³-hybridized carbons (Fsp3) is 0.500. The number of ether oxygens (including phenoxy) is 1. The number of thioether (sulfide) groups is 1. The van der Waals surface area contributed by atoms with Gasteiger partial charge >= 0.3 is 0 Å². The minimum Gasteiger partial charge on any atom is -0.376 e. The minimum atomic E-state index is -3.52. The van der Waals surface area contributed by atoms with Crippen LogP contribution in [0.3, 0.4) is 0 Å². The van der Waals surface area contributed by atoms with Crippen LogP contribution in [0.4, 0.5) is 0 Å². The van der Waals surface area contributed by atoms with E-state index >= 15 is 0 Å². The molecule has 0 N–H and O–H groups in total. The van der Waals surface area contributed by atoms with E-state index < -0.39 is 10.0 Å². The summed E-state index contributed by atoms with van der Waals surface area (Å²) in [5.74, 6) is 1.21. The molecule has 0 spiro atoms. The normalized spacial score (nSPS) is 21.9. The van der Waals surface area contributed by atoms with Gasteiger partial charge in [-0.05, 0) is 67.9 Å². The highest BCUT2D eigenvalue weighted by molar-refractivity contribution is 7.98. The van der Waals surface area contributed by atoms with E-state index in [0.717, 1.165) is 60.8 Å². The van der Waals surface area contributed by atoms with Gasteiger partial charge < -0.3 is 9.30 Å². The van der Waals surface area contributed by atoms with Gasteiger partial charge in [0.05, 0.1) is 28.6 Å². The fourth-order valence-corrected chi connectivity index (χ4v) is 7.67. The molecule has 8 heteroatoms. The summed E-state index contributed by atoms with van der Waals surface area (Å²) in [5.41, 5.74) is 4.25. The fourth-order valence-electron chi connectivity index (χ4n) is 4.95. The molecule has 2 fully saturated rings. The molecule has 2 atom stereocenters. The smallest absolute Gasteiger partial charge is 0.243 e. The summed E-state index contributed by atoms with van der Waals surface area (Å²) in [5, 5.41) is 0.912. The average molecular weight is 500 g/mol. The highest BCUT2D eigenvalue weighted by Crippen LogP contribution is 2.32. The number of nitrogens with zero attached hydrogens (tertiary/aromatic N) is 3. The Balaban J connectivity index is 1.48. The molecule has 0 unspecified atom stereocenters. The first-order valence-electron chi connectivity index (χ1n) is 12.2. The van der Waals surface area contributed by atoms with Crippen LogP contribution in [0.2, 0.25) is 0 Å². The minimum absolute atomic E-state index is 0.174. The quantitative estimate of drug-likeness (QED) is 0.416. The van der Waals surface area contributed by atoms with E-state index in [1.165, 1.54) is 11.1 Å². The Bertz CT molecular complexity index is 1270. The molecule has 2 aliphatic heterocycles. The molecule has 2 aromatic carbocycles. The van der Waals surface area contributed by atoms with Crippen LogP contribution in [0.1, 0.15) is 43.7 Å². The number of hydrogen-bond acceptors (Lipinski definition) is 5. The molecule has 1 aromatic heterocycles. The van der Waals surface area contributed by atoms with E-state index in [9.17, 15) is 8.42 Å². The Morgan fingerprint density at radius 1 is 1.15 bits per heavy atom. The number of hydrogen-bond donors (Lipinski definition) is 0. The zero-order chi connectivity index (χ0) is 23.7. The number of piperidine rings is 1. The molecule has 3 aromatic rings. The topological polar surface area (TPSA) is 64.4 Å². The average Bonchev–Trinajstić information content (AvgIpc) is 3.46. The predicted molar refractivity (Wildman–Crippen MR) is 137 cm³/mol. The summed E-state index contributed by atoms with van der Waals surface area (Å²) < 4.78 is 36.5. The second-order valence-electron chi connectivity index (χ2n) is 9.62. The van der Waals surface area contributed by atoms with Crippen molar-refractivity contribution in [3.63, 3.8) is 0 Å². The molecule has 5 rings (SSSR count). The van der Waals surface area contributed by atoms with E-state index in [4.69, 9.17) is 9.72 Å². The van der Waals surface area contributed by atoms with Crippen molar-refractivity contribution in [2.24, 2.45) is 5.92 Å². The van der Waals surface area contributed by atoms with Gasteiger partial charge in [0.15, 0.2) is 5.16 Å². The summed E-state index contributed by atoms with van der Waals surface area (Å²) in [6.07, 6.45) is 4.30. The predicted octanol–water partition coefficient (Wildman–Crippen LogP) is 5.24. The number of aromatic nitrogens is 2. The maximum Gasteiger partial charge on any atom is 0.243 e. The molecular weight excluding hydrogens is 466 g/mol. The van der Waals surface area contributed by atoms with Crippen LogP contribution in [0, 0.1) is 12.8 Å². The molecule has 0 bridgehead atoms. The SMILES string of the molecule is Cc1ccccc1CSc1nc2cc(S(=O)(=O)N3CCC[C@@H](C)C3)ccc2n1C[C@H]1CCCO1. The summed E-state index contributed by atoms with van der Waals surface area (Å²) >= 11 is 1.70. The third-order valence-corrected chi connectivity index (χ3v) is 9.86. The van der Waals surface area contributed by atoms with E-state index in [1.54, 1.807) is 28.2 Å². The van der Waals surface area contributed by atoms with Crippen LogP contribution in [0.25, 0.3) is 11.0 Å². The van der Waals surface area contributed by atoms with Crippen LogP contribution >= 0.6 is 11.8 Å². The monoisotopic (exact) mass is 499 g/mol. The first-order valence-corrected chi connectivity index (χ1v) is 14.6. The lowest BCUT2D eigenvalue weighted by Gasteiger charge is -2.30. The summed E-state index contributed by atoms with van der Waals surface area (Å²) in [6.45, 7) is 6.97. The third-order valence-electron chi connectivity index (χ3n) is 6.97. The largest absolute Gasteiger partial charge is 0.376 e. The zero-order valence-corrected chi connectivity index (χ0v) is 21.6. The molecule has 0 radical (unpaired) electrons. The number of benzene rings is 2. The summed E-state index contributed by atoms with van der Waals surface area (Å²) in [4.78, 5) is 5.26. The van der Waals surface area contributed by atoms with Gasteiger partial charge in [-0.25, -0.2) is 13.4 Å². The third kappa shape index (κ3) is 4.91. The lowest BCUT2D eigenvalue weighted by molar-refractivity contribution is 0.0960. The molecule has 2 saturated heterocycles. The molecule has 0 saturated carbocycles. The van der Waals surface area contributed by atoms with Crippen molar-refractivity contribution in [1.82, 2.24) is 13.9 Å². The molecule has 182 valence electrons. The van der Waals surface area contributed by atoms with E-state index in [1.807, 2.05) is 6.07 Å². The van der Waals surface area contributed by atoms with Gasteiger partial charge in [-0.15, -0.1) is 0 Å². The van der Waals surface area contributed by atoms with E-state index in [2.05, 4.69) is 42.7 Å². The van der Waals surface area contributed by atoms with Crippen LogP contribution in [0.5, 0.6) is 0 Å². The van der Waals surface area contributed by atoms with Gasteiger partial charge in [0.1, 0.15) is 0 Å². The van der Waals surface area contributed by atoms with Gasteiger partial charge in [-0.3, -0.25) is 0 Å². The van der Waals surface area contributed by atoms with Crippen molar-refractivity contribution in [2.75, 3.05) is 19.7 Å². The van der Waals surface area contributed by atoms with Gasteiger partial charge in [0.25, 0.3) is 0 Å². The van der Waals surface area contributed by atoms with Crippen LogP contribution in [0.15, 0.2) is 52.5 Å². The Morgan fingerprint density at radius 3 is 2.76 bits per heavy atom. The lowest BCUT2D eigenvalue weighted by atomic mass is 10.0. The Kier molecular flexibility index (Phi) is 7.02. The van der Waals surface area contributed by atoms with Crippen molar-refractivity contribution in [2.45, 2.75) is 68.0 Å². The summed E-state index contributed by atoms with van der Waals surface area (Å²) in [6, 6.07) is 13.8. The maximum atomic E-state index is 13.4. The Morgan fingerprint density at radius 2 is 2.00 bits per heavy atom. The first kappa shape index (κ1) is 23.9. The second-order valence-corrected chi connectivity index (χ2v) is 12.5. The second kappa shape index (κ2) is 10.0. The molecule has 0 amide bonds. The molecule has 0 aliphatic carbocycles. The van der Waals surface area contributed by atoms with Crippen molar-refractivity contribution >= 4 is 32.8 Å². The number of sulfonamides is 1. The first-order chi connectivity index (χ1) is 16.4. The Hall–Kier alpha value is -1.87. The molecular formula is C26H33N3O3S2.